The van der Waals surface area contributed by atoms with Crippen LogP contribution in [0.4, 0.5) is 0 Å². The summed E-state index contributed by atoms with van der Waals surface area (Å²) in [5.41, 5.74) is 1.27. The Morgan fingerprint density at radius 2 is 1.90 bits per heavy atom. The van der Waals surface area contributed by atoms with Gasteiger partial charge in [0.15, 0.2) is 0 Å². The minimum atomic E-state index is 0.393. The largest absolute Gasteiger partial charge is 0.310 e. The summed E-state index contributed by atoms with van der Waals surface area (Å²) in [6, 6.07) is 6.45. The lowest BCUT2D eigenvalue weighted by Crippen LogP contribution is -2.33. The Morgan fingerprint density at radius 1 is 1.15 bits per heavy atom. The van der Waals surface area contributed by atoms with Crippen LogP contribution in [0.1, 0.15) is 51.6 Å². The molecule has 0 spiro atoms. The highest BCUT2D eigenvalue weighted by atomic mass is 35.5. The van der Waals surface area contributed by atoms with Crippen molar-refractivity contribution in [2.45, 2.75) is 46.1 Å². The second kappa shape index (κ2) is 7.15. The molecule has 3 heteroatoms. The zero-order valence-corrected chi connectivity index (χ0v) is 14.1. The molecule has 1 aromatic rings. The lowest BCUT2D eigenvalue weighted by atomic mass is 9.72. The van der Waals surface area contributed by atoms with Crippen LogP contribution in [0.3, 0.4) is 0 Å². The maximum Gasteiger partial charge on any atom is 0.0595 e. The smallest absolute Gasteiger partial charge is 0.0595 e. The molecule has 1 aliphatic carbocycles. The lowest BCUT2D eigenvalue weighted by Gasteiger charge is -2.37. The first-order valence-corrected chi connectivity index (χ1v) is 8.46. The molecule has 0 saturated heterocycles. The van der Waals surface area contributed by atoms with Gasteiger partial charge in [0, 0.05) is 6.04 Å². The molecule has 1 fully saturated rings. The van der Waals surface area contributed by atoms with E-state index in [4.69, 9.17) is 23.2 Å². The van der Waals surface area contributed by atoms with E-state index in [0.29, 0.717) is 22.0 Å². The molecule has 1 aromatic carbocycles. The van der Waals surface area contributed by atoms with Gasteiger partial charge in [-0.25, -0.2) is 0 Å². The van der Waals surface area contributed by atoms with Crippen LogP contribution >= 0.6 is 23.2 Å². The molecule has 0 aromatic heterocycles. The van der Waals surface area contributed by atoms with Crippen molar-refractivity contribution in [1.82, 2.24) is 5.32 Å². The molecule has 112 valence electrons. The monoisotopic (exact) mass is 313 g/mol. The second-order valence-corrected chi connectivity index (χ2v) is 7.05. The van der Waals surface area contributed by atoms with Crippen molar-refractivity contribution < 1.29 is 0 Å². The molecule has 4 atom stereocenters. The molecule has 0 bridgehead atoms. The summed E-state index contributed by atoms with van der Waals surface area (Å²) >= 11 is 12.2. The average molecular weight is 314 g/mol. The summed E-state index contributed by atoms with van der Waals surface area (Å²) in [5.74, 6) is 2.35. The van der Waals surface area contributed by atoms with Crippen molar-refractivity contribution in [2.24, 2.45) is 17.8 Å². The highest BCUT2D eigenvalue weighted by Gasteiger charge is 2.30. The molecule has 20 heavy (non-hydrogen) atoms. The van der Waals surface area contributed by atoms with Crippen LogP contribution in [-0.2, 0) is 0 Å². The lowest BCUT2D eigenvalue weighted by molar-refractivity contribution is 0.172. The molecule has 1 N–H and O–H groups in total. The van der Waals surface area contributed by atoms with E-state index in [2.05, 4.69) is 32.2 Å². The predicted molar refractivity (Wildman–Crippen MR) is 88.5 cm³/mol. The Kier molecular flexibility index (Phi) is 5.77. The number of rotatable bonds is 4. The van der Waals surface area contributed by atoms with Gasteiger partial charge in [-0.2, -0.15) is 0 Å². The molecule has 0 amide bonds. The van der Waals surface area contributed by atoms with Gasteiger partial charge in [0.05, 0.1) is 10.0 Å². The van der Waals surface area contributed by atoms with E-state index in [0.717, 1.165) is 18.4 Å². The standard InChI is InChI=1S/C17H25Cl2N/c1-4-20-17(13-6-5-11(2)12(3)9-13)14-7-8-15(18)16(19)10-14/h7-8,10-13,17,20H,4-6,9H2,1-3H3. The van der Waals surface area contributed by atoms with Gasteiger partial charge < -0.3 is 5.32 Å². The van der Waals surface area contributed by atoms with Gasteiger partial charge in [-0.1, -0.05) is 56.5 Å². The van der Waals surface area contributed by atoms with Crippen molar-refractivity contribution in [3.63, 3.8) is 0 Å². The molecular formula is C17H25Cl2N. The highest BCUT2D eigenvalue weighted by Crippen LogP contribution is 2.40. The number of halogens is 2. The third kappa shape index (κ3) is 3.69. The van der Waals surface area contributed by atoms with Crippen molar-refractivity contribution in [1.29, 1.82) is 0 Å². The zero-order valence-electron chi connectivity index (χ0n) is 12.6. The van der Waals surface area contributed by atoms with E-state index in [1.165, 1.54) is 24.8 Å². The first-order chi connectivity index (χ1) is 9.52. The first kappa shape index (κ1) is 16.1. The predicted octanol–water partition coefficient (Wildman–Crippen LogP) is 5.72. The van der Waals surface area contributed by atoms with Gasteiger partial charge in [-0.3, -0.25) is 0 Å². The van der Waals surface area contributed by atoms with Crippen LogP contribution in [0.5, 0.6) is 0 Å². The summed E-state index contributed by atoms with van der Waals surface area (Å²) in [6.07, 6.45) is 3.91. The van der Waals surface area contributed by atoms with Gasteiger partial charge in [-0.15, -0.1) is 0 Å². The van der Waals surface area contributed by atoms with Crippen molar-refractivity contribution in [2.75, 3.05) is 6.54 Å². The summed E-state index contributed by atoms with van der Waals surface area (Å²) in [4.78, 5) is 0. The Balaban J connectivity index is 2.19. The third-order valence-corrected chi connectivity index (χ3v) is 5.58. The minimum absolute atomic E-state index is 0.393. The fraction of sp³-hybridized carbons (Fsp3) is 0.647. The molecule has 1 aliphatic rings. The van der Waals surface area contributed by atoms with Crippen LogP contribution in [0.25, 0.3) is 0 Å². The number of hydrogen-bond donors (Lipinski definition) is 1. The SMILES string of the molecule is CCNC(c1ccc(Cl)c(Cl)c1)C1CCC(C)C(C)C1. The summed E-state index contributed by atoms with van der Waals surface area (Å²) in [6.45, 7) is 7.90. The second-order valence-electron chi connectivity index (χ2n) is 6.24. The number of benzene rings is 1. The van der Waals surface area contributed by atoms with E-state index in [1.54, 1.807) is 0 Å². The van der Waals surface area contributed by atoms with Crippen LogP contribution in [0.15, 0.2) is 18.2 Å². The van der Waals surface area contributed by atoms with Gasteiger partial charge in [0.25, 0.3) is 0 Å². The van der Waals surface area contributed by atoms with Crippen LogP contribution in [-0.4, -0.2) is 6.54 Å². The molecule has 4 unspecified atom stereocenters. The molecule has 0 radical (unpaired) electrons. The topological polar surface area (TPSA) is 12.0 Å². The van der Waals surface area contributed by atoms with Gasteiger partial charge in [-0.05, 0) is 54.8 Å². The number of hydrogen-bond acceptors (Lipinski definition) is 1. The first-order valence-electron chi connectivity index (χ1n) is 7.71. The van der Waals surface area contributed by atoms with Crippen LogP contribution < -0.4 is 5.32 Å². The molecule has 2 rings (SSSR count). The summed E-state index contributed by atoms with van der Waals surface area (Å²) < 4.78 is 0. The maximum absolute atomic E-state index is 6.19. The van der Waals surface area contributed by atoms with Gasteiger partial charge in [0.1, 0.15) is 0 Å². The van der Waals surface area contributed by atoms with E-state index < -0.39 is 0 Å². The quantitative estimate of drug-likeness (QED) is 0.750. The Bertz CT molecular complexity index is 447. The highest BCUT2D eigenvalue weighted by molar-refractivity contribution is 6.42. The average Bonchev–Trinajstić information content (AvgIpc) is 2.43. The van der Waals surface area contributed by atoms with E-state index in [9.17, 15) is 0 Å². The third-order valence-electron chi connectivity index (χ3n) is 4.84. The molecular weight excluding hydrogens is 289 g/mol. The fourth-order valence-electron chi connectivity index (χ4n) is 3.37. The van der Waals surface area contributed by atoms with Crippen molar-refractivity contribution in [3.05, 3.63) is 33.8 Å². The van der Waals surface area contributed by atoms with Crippen LogP contribution in [0, 0.1) is 17.8 Å². The minimum Gasteiger partial charge on any atom is -0.310 e. The fourth-order valence-corrected chi connectivity index (χ4v) is 3.68. The van der Waals surface area contributed by atoms with Crippen molar-refractivity contribution >= 4 is 23.2 Å². The Hall–Kier alpha value is -0.240. The van der Waals surface area contributed by atoms with Crippen molar-refractivity contribution in [3.8, 4) is 0 Å². The molecule has 1 saturated carbocycles. The van der Waals surface area contributed by atoms with Gasteiger partial charge in [0.2, 0.25) is 0 Å². The molecule has 1 nitrogen and oxygen atoms in total. The molecule has 0 aliphatic heterocycles. The summed E-state index contributed by atoms with van der Waals surface area (Å²) in [5, 5.41) is 4.94. The maximum atomic E-state index is 6.19. The Labute approximate surface area is 133 Å². The normalized spacial score (nSPS) is 28.4. The van der Waals surface area contributed by atoms with E-state index >= 15 is 0 Å². The molecule has 0 heterocycles. The number of nitrogens with one attached hydrogen (secondary N) is 1. The van der Waals surface area contributed by atoms with Crippen LogP contribution in [0.2, 0.25) is 10.0 Å². The van der Waals surface area contributed by atoms with Gasteiger partial charge >= 0.3 is 0 Å². The van der Waals surface area contributed by atoms with E-state index in [1.807, 2.05) is 12.1 Å². The zero-order chi connectivity index (χ0) is 14.7. The Morgan fingerprint density at radius 3 is 2.50 bits per heavy atom. The summed E-state index contributed by atoms with van der Waals surface area (Å²) in [7, 11) is 0. The van der Waals surface area contributed by atoms with E-state index in [-0.39, 0.29) is 0 Å².